The molecule has 1 aromatic heterocycles. The minimum atomic E-state index is -0.887. The van der Waals surface area contributed by atoms with Crippen molar-refractivity contribution in [3.05, 3.63) is 28.5 Å². The van der Waals surface area contributed by atoms with Gasteiger partial charge in [-0.15, -0.1) is 0 Å². The van der Waals surface area contributed by atoms with Gasteiger partial charge in [-0.25, -0.2) is 0 Å². The van der Waals surface area contributed by atoms with Gasteiger partial charge in [0.05, 0.1) is 42.0 Å². The number of fused-ring (bicyclic) bond motifs is 3. The van der Waals surface area contributed by atoms with E-state index in [9.17, 15) is 15.2 Å². The van der Waals surface area contributed by atoms with Gasteiger partial charge in [-0.2, -0.15) is 5.26 Å². The van der Waals surface area contributed by atoms with Crippen molar-refractivity contribution < 1.29 is 19.4 Å². The van der Waals surface area contributed by atoms with Crippen molar-refractivity contribution in [2.45, 2.75) is 65.7 Å². The zero-order valence-electron chi connectivity index (χ0n) is 16.3. The monoisotopic (exact) mass is 370 g/mol. The Bertz CT molecular complexity index is 921. The van der Waals surface area contributed by atoms with E-state index in [1.165, 1.54) is 0 Å². The topological polar surface area (TPSA) is 84.5 Å². The molecule has 2 heterocycles. The fourth-order valence-corrected chi connectivity index (χ4v) is 4.04. The Kier molecular flexibility index (Phi) is 5.43. The van der Waals surface area contributed by atoms with Gasteiger partial charge >= 0.3 is 5.97 Å². The van der Waals surface area contributed by atoms with Gasteiger partial charge in [-0.05, 0) is 45.2 Å². The van der Waals surface area contributed by atoms with Crippen molar-refractivity contribution >= 4 is 16.9 Å². The first-order valence-corrected chi connectivity index (χ1v) is 9.47. The first-order valence-electron chi connectivity index (χ1n) is 9.47. The minimum Gasteiger partial charge on any atom is -0.491 e. The molecule has 0 aliphatic carbocycles. The number of carbonyl (C=O) groups is 1. The van der Waals surface area contributed by atoms with E-state index in [1.54, 1.807) is 0 Å². The first kappa shape index (κ1) is 19.2. The zero-order valence-corrected chi connectivity index (χ0v) is 16.3. The quantitative estimate of drug-likeness (QED) is 0.827. The molecule has 2 aromatic rings. The van der Waals surface area contributed by atoms with Crippen molar-refractivity contribution in [2.24, 2.45) is 0 Å². The molecule has 1 aliphatic heterocycles. The fraction of sp³-hybridized carbons (Fsp3) is 0.524. The lowest BCUT2D eigenvalue weighted by Crippen LogP contribution is -2.21. The van der Waals surface area contributed by atoms with E-state index in [4.69, 9.17) is 9.47 Å². The van der Waals surface area contributed by atoms with Crippen LogP contribution in [0.3, 0.4) is 0 Å². The summed E-state index contributed by atoms with van der Waals surface area (Å²) in [5, 5.41) is 20.0. The lowest BCUT2D eigenvalue weighted by atomic mass is 9.96. The molecular weight excluding hydrogens is 344 g/mol. The number of carboxylic acids is 1. The number of ether oxygens (including phenoxy) is 2. The molecule has 1 aliphatic rings. The lowest BCUT2D eigenvalue weighted by Gasteiger charge is -2.25. The van der Waals surface area contributed by atoms with Crippen LogP contribution in [-0.4, -0.2) is 28.4 Å². The summed E-state index contributed by atoms with van der Waals surface area (Å²) < 4.78 is 13.9. The predicted octanol–water partition coefficient (Wildman–Crippen LogP) is 4.11. The van der Waals surface area contributed by atoms with E-state index in [1.807, 2.05) is 26.8 Å². The average molecular weight is 370 g/mol. The maximum Gasteiger partial charge on any atom is 0.306 e. The van der Waals surface area contributed by atoms with E-state index < -0.39 is 12.1 Å². The van der Waals surface area contributed by atoms with E-state index in [0.717, 1.165) is 40.7 Å². The molecule has 0 saturated carbocycles. The van der Waals surface area contributed by atoms with Gasteiger partial charge in [0.25, 0.3) is 0 Å². The van der Waals surface area contributed by atoms with Gasteiger partial charge < -0.3 is 19.1 Å². The van der Waals surface area contributed by atoms with Crippen LogP contribution in [0.25, 0.3) is 10.9 Å². The highest BCUT2D eigenvalue weighted by Crippen LogP contribution is 2.42. The highest BCUT2D eigenvalue weighted by molar-refractivity contribution is 5.95. The summed E-state index contributed by atoms with van der Waals surface area (Å²) in [4.78, 5) is 11.4. The smallest absolute Gasteiger partial charge is 0.306 e. The number of aliphatic carboxylic acids is 1. The summed E-state index contributed by atoms with van der Waals surface area (Å²) >= 11 is 0. The number of aromatic nitrogens is 1. The molecule has 6 nitrogen and oxygen atoms in total. The molecule has 1 unspecified atom stereocenters. The number of hydrogen-bond donors (Lipinski definition) is 1. The summed E-state index contributed by atoms with van der Waals surface area (Å²) in [6, 6.07) is 4.14. The predicted molar refractivity (Wildman–Crippen MR) is 102 cm³/mol. The Morgan fingerprint density at radius 1 is 1.52 bits per heavy atom. The van der Waals surface area contributed by atoms with Crippen LogP contribution in [0.5, 0.6) is 5.75 Å². The molecular formula is C21H26N2O4. The third-order valence-electron chi connectivity index (χ3n) is 4.94. The number of carboxylic acid groups (broad SMARTS) is 1. The molecule has 1 aromatic carbocycles. The first-order chi connectivity index (χ1) is 12.9. The van der Waals surface area contributed by atoms with Gasteiger partial charge in [0, 0.05) is 17.5 Å². The van der Waals surface area contributed by atoms with Crippen LogP contribution in [0.2, 0.25) is 0 Å². The Hall–Kier alpha value is -2.52. The number of benzene rings is 1. The van der Waals surface area contributed by atoms with Crippen LogP contribution in [0, 0.1) is 18.3 Å². The molecule has 0 bridgehead atoms. The maximum absolute atomic E-state index is 11.4. The highest BCUT2D eigenvalue weighted by Gasteiger charge is 2.32. The summed E-state index contributed by atoms with van der Waals surface area (Å²) in [5.41, 5.74) is 4.48. The lowest BCUT2D eigenvalue weighted by molar-refractivity contribution is -0.140. The summed E-state index contributed by atoms with van der Waals surface area (Å²) in [5.74, 6) is -0.181. The van der Waals surface area contributed by atoms with Gasteiger partial charge in [0.2, 0.25) is 0 Å². The van der Waals surface area contributed by atoms with Gasteiger partial charge in [-0.3, -0.25) is 4.79 Å². The van der Waals surface area contributed by atoms with Gasteiger partial charge in [-0.1, -0.05) is 6.92 Å². The fourth-order valence-electron chi connectivity index (χ4n) is 4.04. The van der Waals surface area contributed by atoms with E-state index in [0.29, 0.717) is 24.3 Å². The number of rotatable bonds is 6. The zero-order chi connectivity index (χ0) is 19.7. The molecule has 0 fully saturated rings. The second-order valence-electron chi connectivity index (χ2n) is 7.27. The molecule has 27 heavy (non-hydrogen) atoms. The second kappa shape index (κ2) is 7.61. The molecule has 144 valence electrons. The minimum absolute atomic E-state index is 0.00000289. The van der Waals surface area contributed by atoms with Crippen LogP contribution in [0.1, 0.15) is 62.1 Å². The normalized spacial score (nSPS) is 16.4. The van der Waals surface area contributed by atoms with Crippen molar-refractivity contribution in [2.75, 3.05) is 6.61 Å². The maximum atomic E-state index is 11.4. The van der Waals surface area contributed by atoms with Crippen LogP contribution >= 0.6 is 0 Å². The molecule has 1 atom stereocenters. The molecule has 3 rings (SSSR count). The van der Waals surface area contributed by atoms with Crippen molar-refractivity contribution in [3.63, 3.8) is 0 Å². The summed E-state index contributed by atoms with van der Waals surface area (Å²) in [7, 11) is 0. The second-order valence-corrected chi connectivity index (χ2v) is 7.27. The van der Waals surface area contributed by atoms with Gasteiger partial charge in [0.1, 0.15) is 11.9 Å². The standard InChI is InChI=1S/C21H26N2O4/c1-5-7-23-20-13(4)16(27-12(2)3)9-14(11-22)19(20)15-6-8-26-17(21(15)23)10-18(24)25/h9,12,17H,5-8,10H2,1-4H3,(H,24,25). The Morgan fingerprint density at radius 2 is 2.26 bits per heavy atom. The van der Waals surface area contributed by atoms with Crippen LogP contribution < -0.4 is 4.74 Å². The van der Waals surface area contributed by atoms with Crippen molar-refractivity contribution in [1.29, 1.82) is 5.26 Å². The highest BCUT2D eigenvalue weighted by atomic mass is 16.5. The third kappa shape index (κ3) is 3.40. The SMILES string of the molecule is CCCn1c2c(c3c(C#N)cc(OC(C)C)c(C)c31)CCOC2CC(=O)O. The number of nitrogens with zero attached hydrogens (tertiary/aromatic N) is 2. The molecule has 1 N–H and O–H groups in total. The Labute approximate surface area is 159 Å². The van der Waals surface area contributed by atoms with E-state index in [-0.39, 0.29) is 12.5 Å². The van der Waals surface area contributed by atoms with Crippen LogP contribution in [0.4, 0.5) is 0 Å². The molecule has 0 radical (unpaired) electrons. The summed E-state index contributed by atoms with van der Waals surface area (Å²) in [6.07, 6.45) is 0.998. The van der Waals surface area contributed by atoms with Crippen LogP contribution in [0.15, 0.2) is 6.07 Å². The Morgan fingerprint density at radius 3 is 2.85 bits per heavy atom. The van der Waals surface area contributed by atoms with Crippen molar-refractivity contribution in [1.82, 2.24) is 4.57 Å². The van der Waals surface area contributed by atoms with E-state index in [2.05, 4.69) is 17.6 Å². The molecule has 0 amide bonds. The Balaban J connectivity index is 2.36. The van der Waals surface area contributed by atoms with E-state index >= 15 is 0 Å². The molecule has 0 spiro atoms. The van der Waals surface area contributed by atoms with Crippen molar-refractivity contribution in [3.8, 4) is 11.8 Å². The number of nitriles is 1. The molecule has 6 heteroatoms. The third-order valence-corrected chi connectivity index (χ3v) is 4.94. The number of hydrogen-bond acceptors (Lipinski definition) is 4. The largest absolute Gasteiger partial charge is 0.491 e. The van der Waals surface area contributed by atoms with Crippen LogP contribution in [-0.2, 0) is 22.5 Å². The molecule has 0 saturated heterocycles. The average Bonchev–Trinajstić information content (AvgIpc) is 2.93. The number of aryl methyl sites for hydroxylation is 2. The van der Waals surface area contributed by atoms with Gasteiger partial charge in [0.15, 0.2) is 0 Å². The summed E-state index contributed by atoms with van der Waals surface area (Å²) in [6.45, 7) is 9.21.